The van der Waals surface area contributed by atoms with Crippen molar-refractivity contribution >= 4 is 5.91 Å². The predicted molar refractivity (Wildman–Crippen MR) is 68.0 cm³/mol. The highest BCUT2D eigenvalue weighted by atomic mass is 16.2. The summed E-state index contributed by atoms with van der Waals surface area (Å²) in [6.07, 6.45) is 4.77. The average molecular weight is 251 g/mol. The Labute approximate surface area is 107 Å². The van der Waals surface area contributed by atoms with Crippen LogP contribution in [0.1, 0.15) is 25.6 Å². The topological polar surface area (TPSA) is 63.1 Å². The second-order valence-electron chi connectivity index (χ2n) is 4.67. The highest BCUT2D eigenvalue weighted by molar-refractivity contribution is 5.78. The number of rotatable bonds is 7. The van der Waals surface area contributed by atoms with E-state index in [9.17, 15) is 4.79 Å². The van der Waals surface area contributed by atoms with Gasteiger partial charge in [-0.3, -0.25) is 9.48 Å². The van der Waals surface area contributed by atoms with Crippen molar-refractivity contribution in [1.82, 2.24) is 25.0 Å². The Bertz CT molecular complexity index is 399. The van der Waals surface area contributed by atoms with Crippen LogP contribution >= 0.6 is 0 Å². The number of amides is 1. The second-order valence-corrected chi connectivity index (χ2v) is 4.67. The van der Waals surface area contributed by atoms with Crippen LogP contribution in [0, 0.1) is 0 Å². The van der Waals surface area contributed by atoms with E-state index in [0.717, 1.165) is 38.2 Å². The largest absolute Gasteiger partial charge is 0.339 e. The van der Waals surface area contributed by atoms with Gasteiger partial charge in [0.15, 0.2) is 5.82 Å². The van der Waals surface area contributed by atoms with Crippen LogP contribution in [0.25, 0.3) is 0 Å². The molecule has 1 aromatic heterocycles. The van der Waals surface area contributed by atoms with Crippen molar-refractivity contribution in [3.63, 3.8) is 0 Å². The fourth-order valence-electron chi connectivity index (χ4n) is 2.02. The van der Waals surface area contributed by atoms with Gasteiger partial charge in [-0.1, -0.05) is 0 Å². The van der Waals surface area contributed by atoms with Crippen LogP contribution < -0.4 is 5.32 Å². The molecule has 6 nitrogen and oxygen atoms in total. The maximum Gasteiger partial charge on any atom is 0.236 e. The molecular weight excluding hydrogens is 230 g/mol. The standard InChI is InChI=1S/C12H21N5O/c1-3-17(10-4-5-10)12(18)8-13-7-6-11-14-9-16(2)15-11/h9-10,13H,3-8H2,1-2H3. The van der Waals surface area contributed by atoms with Gasteiger partial charge in [0.25, 0.3) is 0 Å². The molecule has 100 valence electrons. The van der Waals surface area contributed by atoms with E-state index < -0.39 is 0 Å². The third-order valence-corrected chi connectivity index (χ3v) is 3.10. The molecule has 1 fully saturated rings. The van der Waals surface area contributed by atoms with Gasteiger partial charge >= 0.3 is 0 Å². The zero-order valence-corrected chi connectivity index (χ0v) is 11.1. The number of hydrogen-bond donors (Lipinski definition) is 1. The van der Waals surface area contributed by atoms with E-state index in [-0.39, 0.29) is 5.91 Å². The summed E-state index contributed by atoms with van der Waals surface area (Å²) >= 11 is 0. The first-order chi connectivity index (χ1) is 8.70. The number of aryl methyl sites for hydroxylation is 1. The first-order valence-electron chi connectivity index (χ1n) is 6.55. The fraction of sp³-hybridized carbons (Fsp3) is 0.750. The number of hydrogen-bond acceptors (Lipinski definition) is 4. The quantitative estimate of drug-likeness (QED) is 0.691. The minimum atomic E-state index is 0.203. The summed E-state index contributed by atoms with van der Waals surface area (Å²) in [4.78, 5) is 18.0. The number of carbonyl (C=O) groups is 1. The summed E-state index contributed by atoms with van der Waals surface area (Å²) < 4.78 is 1.69. The first-order valence-corrected chi connectivity index (χ1v) is 6.55. The zero-order chi connectivity index (χ0) is 13.0. The van der Waals surface area contributed by atoms with E-state index >= 15 is 0 Å². The molecule has 6 heteroatoms. The minimum absolute atomic E-state index is 0.203. The van der Waals surface area contributed by atoms with E-state index in [2.05, 4.69) is 15.4 Å². The molecule has 2 rings (SSSR count). The maximum atomic E-state index is 11.9. The molecule has 1 heterocycles. The Hall–Kier alpha value is -1.43. The molecule has 1 saturated carbocycles. The van der Waals surface area contributed by atoms with Gasteiger partial charge in [0.1, 0.15) is 6.33 Å². The van der Waals surface area contributed by atoms with Crippen molar-refractivity contribution < 1.29 is 4.79 Å². The van der Waals surface area contributed by atoms with Crippen LogP contribution in [0.4, 0.5) is 0 Å². The Morgan fingerprint density at radius 2 is 2.39 bits per heavy atom. The van der Waals surface area contributed by atoms with Crippen molar-refractivity contribution in [2.45, 2.75) is 32.2 Å². The molecule has 1 aliphatic rings. The van der Waals surface area contributed by atoms with Crippen molar-refractivity contribution in [2.24, 2.45) is 7.05 Å². The lowest BCUT2D eigenvalue weighted by Gasteiger charge is -2.20. The third kappa shape index (κ3) is 3.53. The minimum Gasteiger partial charge on any atom is -0.339 e. The van der Waals surface area contributed by atoms with Crippen molar-refractivity contribution in [3.05, 3.63) is 12.2 Å². The highest BCUT2D eigenvalue weighted by Gasteiger charge is 2.30. The molecule has 0 bridgehead atoms. The van der Waals surface area contributed by atoms with E-state index in [0.29, 0.717) is 12.6 Å². The molecule has 0 spiro atoms. The molecule has 1 aromatic rings. The molecule has 0 aliphatic heterocycles. The molecule has 18 heavy (non-hydrogen) atoms. The lowest BCUT2D eigenvalue weighted by atomic mass is 10.4. The van der Waals surface area contributed by atoms with Crippen molar-refractivity contribution in [1.29, 1.82) is 0 Å². The van der Waals surface area contributed by atoms with E-state index in [1.54, 1.807) is 11.0 Å². The average Bonchev–Trinajstić information content (AvgIpc) is 3.09. The monoisotopic (exact) mass is 251 g/mol. The molecule has 0 saturated heterocycles. The van der Waals surface area contributed by atoms with Gasteiger partial charge in [0, 0.05) is 32.6 Å². The number of nitrogens with one attached hydrogen (secondary N) is 1. The van der Waals surface area contributed by atoms with Gasteiger partial charge in [-0.2, -0.15) is 5.10 Å². The van der Waals surface area contributed by atoms with E-state index in [1.165, 1.54) is 0 Å². The Balaban J connectivity index is 1.64. The van der Waals surface area contributed by atoms with Gasteiger partial charge in [-0.25, -0.2) is 4.98 Å². The summed E-state index contributed by atoms with van der Waals surface area (Å²) in [5.41, 5.74) is 0. The first kappa shape index (κ1) is 13.0. The normalized spacial score (nSPS) is 14.8. The number of likely N-dealkylation sites (N-methyl/N-ethyl adjacent to an activating group) is 1. The fourth-order valence-corrected chi connectivity index (χ4v) is 2.02. The molecule has 0 radical (unpaired) electrons. The van der Waals surface area contributed by atoms with Gasteiger partial charge in [-0.15, -0.1) is 0 Å². The third-order valence-electron chi connectivity index (χ3n) is 3.10. The van der Waals surface area contributed by atoms with Gasteiger partial charge < -0.3 is 10.2 Å². The molecular formula is C12H21N5O. The van der Waals surface area contributed by atoms with Crippen LogP contribution in [0.3, 0.4) is 0 Å². The van der Waals surface area contributed by atoms with Gasteiger partial charge in [0.05, 0.1) is 6.54 Å². The summed E-state index contributed by atoms with van der Waals surface area (Å²) in [5.74, 6) is 1.01. The van der Waals surface area contributed by atoms with E-state index in [1.807, 2.05) is 18.9 Å². The van der Waals surface area contributed by atoms with Gasteiger partial charge in [-0.05, 0) is 19.8 Å². The number of carbonyl (C=O) groups excluding carboxylic acids is 1. The van der Waals surface area contributed by atoms with Gasteiger partial charge in [0.2, 0.25) is 5.91 Å². The molecule has 1 N–H and O–H groups in total. The van der Waals surface area contributed by atoms with Crippen LogP contribution in [0.15, 0.2) is 6.33 Å². The predicted octanol–water partition coefficient (Wildman–Crippen LogP) is -0.0419. The Kier molecular flexibility index (Phi) is 4.30. The molecule has 1 amide bonds. The molecule has 0 unspecified atom stereocenters. The second kappa shape index (κ2) is 5.95. The smallest absolute Gasteiger partial charge is 0.236 e. The van der Waals surface area contributed by atoms with Crippen molar-refractivity contribution in [2.75, 3.05) is 19.6 Å². The van der Waals surface area contributed by atoms with Crippen LogP contribution in [0.5, 0.6) is 0 Å². The number of nitrogens with zero attached hydrogens (tertiary/aromatic N) is 4. The molecule has 0 atom stereocenters. The Morgan fingerprint density at radius 3 is 2.94 bits per heavy atom. The Morgan fingerprint density at radius 1 is 1.61 bits per heavy atom. The zero-order valence-electron chi connectivity index (χ0n) is 11.1. The van der Waals surface area contributed by atoms with Crippen LogP contribution in [-0.2, 0) is 18.3 Å². The maximum absolute atomic E-state index is 11.9. The van der Waals surface area contributed by atoms with Crippen molar-refractivity contribution in [3.8, 4) is 0 Å². The summed E-state index contributed by atoms with van der Waals surface area (Å²) in [7, 11) is 1.85. The molecule has 0 aromatic carbocycles. The summed E-state index contributed by atoms with van der Waals surface area (Å²) in [6.45, 7) is 4.00. The van der Waals surface area contributed by atoms with E-state index in [4.69, 9.17) is 0 Å². The lowest BCUT2D eigenvalue weighted by molar-refractivity contribution is -0.130. The van der Waals surface area contributed by atoms with Crippen LogP contribution in [0.2, 0.25) is 0 Å². The number of aromatic nitrogens is 3. The molecule has 1 aliphatic carbocycles. The van der Waals surface area contributed by atoms with Crippen LogP contribution in [-0.4, -0.2) is 51.2 Å². The highest BCUT2D eigenvalue weighted by Crippen LogP contribution is 2.26. The summed E-state index contributed by atoms with van der Waals surface area (Å²) in [5, 5.41) is 7.35. The SMILES string of the molecule is CCN(C(=O)CNCCc1ncn(C)n1)C1CC1. The lowest BCUT2D eigenvalue weighted by Crippen LogP contribution is -2.40. The summed E-state index contributed by atoms with van der Waals surface area (Å²) in [6, 6.07) is 0.502.